The van der Waals surface area contributed by atoms with Crippen LogP contribution >= 0.6 is 11.6 Å². The predicted molar refractivity (Wildman–Crippen MR) is 81.5 cm³/mol. The molecule has 1 heterocycles. The van der Waals surface area contributed by atoms with Crippen LogP contribution < -0.4 is 0 Å². The highest BCUT2D eigenvalue weighted by atomic mass is 35.5. The van der Waals surface area contributed by atoms with Crippen molar-refractivity contribution in [3.05, 3.63) is 77.4 Å². The maximum Gasteiger partial charge on any atom is 0.317 e. The number of carbonyl (C=O) groups is 1. The zero-order chi connectivity index (χ0) is 15.7. The van der Waals surface area contributed by atoms with E-state index in [9.17, 15) is 13.6 Å². The SMILES string of the molecule is O=C(Cl)N1CC(c2cc(F)ccc2F)=C[C@H]1c1ccccc1. The van der Waals surface area contributed by atoms with Crippen LogP contribution in [-0.4, -0.2) is 16.8 Å². The second-order valence-electron chi connectivity index (χ2n) is 5.05. The normalized spacial score (nSPS) is 17.5. The van der Waals surface area contributed by atoms with E-state index in [-0.39, 0.29) is 18.2 Å². The van der Waals surface area contributed by atoms with Crippen LogP contribution in [0.15, 0.2) is 54.6 Å². The fourth-order valence-corrected chi connectivity index (χ4v) is 2.80. The molecule has 0 saturated heterocycles. The second-order valence-corrected chi connectivity index (χ2v) is 5.38. The van der Waals surface area contributed by atoms with Crippen molar-refractivity contribution in [1.29, 1.82) is 0 Å². The van der Waals surface area contributed by atoms with Crippen LogP contribution in [0.2, 0.25) is 0 Å². The summed E-state index contributed by atoms with van der Waals surface area (Å²) in [5, 5.41) is -0.628. The van der Waals surface area contributed by atoms with Crippen molar-refractivity contribution < 1.29 is 13.6 Å². The zero-order valence-electron chi connectivity index (χ0n) is 11.5. The van der Waals surface area contributed by atoms with E-state index < -0.39 is 17.0 Å². The van der Waals surface area contributed by atoms with E-state index in [1.54, 1.807) is 6.08 Å². The van der Waals surface area contributed by atoms with E-state index in [1.165, 1.54) is 4.90 Å². The van der Waals surface area contributed by atoms with Crippen molar-refractivity contribution >= 4 is 22.5 Å². The molecule has 0 unspecified atom stereocenters. The Balaban J connectivity index is 2.03. The summed E-state index contributed by atoms with van der Waals surface area (Å²) in [6.45, 7) is 0.141. The summed E-state index contributed by atoms with van der Waals surface area (Å²) in [6.07, 6.45) is 1.74. The summed E-state index contributed by atoms with van der Waals surface area (Å²) in [5.74, 6) is -1.05. The maximum atomic E-state index is 13.9. The van der Waals surface area contributed by atoms with Gasteiger partial charge in [-0.15, -0.1) is 0 Å². The van der Waals surface area contributed by atoms with Crippen LogP contribution in [0.4, 0.5) is 13.6 Å². The van der Waals surface area contributed by atoms with Gasteiger partial charge in [0.25, 0.3) is 0 Å². The number of hydrogen-bond acceptors (Lipinski definition) is 1. The van der Waals surface area contributed by atoms with Crippen molar-refractivity contribution in [3.8, 4) is 0 Å². The Labute approximate surface area is 131 Å². The molecule has 0 saturated carbocycles. The monoisotopic (exact) mass is 319 g/mol. The van der Waals surface area contributed by atoms with Crippen molar-refractivity contribution in [2.45, 2.75) is 6.04 Å². The minimum absolute atomic E-state index is 0.141. The Hall–Kier alpha value is -2.20. The summed E-state index contributed by atoms with van der Waals surface area (Å²) in [7, 11) is 0. The second kappa shape index (κ2) is 5.89. The van der Waals surface area contributed by atoms with E-state index in [0.717, 1.165) is 23.8 Å². The molecule has 0 bridgehead atoms. The molecule has 0 fully saturated rings. The first-order valence-corrected chi connectivity index (χ1v) is 7.11. The number of rotatable bonds is 2. The van der Waals surface area contributed by atoms with Gasteiger partial charge in [-0.05, 0) is 40.9 Å². The lowest BCUT2D eigenvalue weighted by Crippen LogP contribution is -2.26. The van der Waals surface area contributed by atoms with Crippen LogP contribution in [0.5, 0.6) is 0 Å². The summed E-state index contributed by atoms with van der Waals surface area (Å²) in [5.41, 5.74) is 1.56. The molecule has 0 spiro atoms. The van der Waals surface area contributed by atoms with Gasteiger partial charge in [0.1, 0.15) is 11.6 Å². The molecule has 112 valence electrons. The third-order valence-corrected chi connectivity index (χ3v) is 3.89. The smallest absolute Gasteiger partial charge is 0.314 e. The molecule has 2 nitrogen and oxygen atoms in total. The van der Waals surface area contributed by atoms with Crippen LogP contribution in [0.25, 0.3) is 5.57 Å². The number of halogens is 3. The standard InChI is InChI=1S/C17H12ClF2NO/c18-17(22)21-10-12(14-9-13(19)6-7-15(14)20)8-16(21)11-4-2-1-3-5-11/h1-9,16H,10H2/t16-/m0/s1. The van der Waals surface area contributed by atoms with Gasteiger partial charge in [0.2, 0.25) is 0 Å². The van der Waals surface area contributed by atoms with Gasteiger partial charge in [-0.2, -0.15) is 0 Å². The van der Waals surface area contributed by atoms with Crippen molar-refractivity contribution in [3.63, 3.8) is 0 Å². The molecule has 22 heavy (non-hydrogen) atoms. The predicted octanol–water partition coefficient (Wildman–Crippen LogP) is 4.76. The van der Waals surface area contributed by atoms with Gasteiger partial charge in [-0.25, -0.2) is 8.78 Å². The van der Waals surface area contributed by atoms with Gasteiger partial charge >= 0.3 is 5.37 Å². The highest BCUT2D eigenvalue weighted by Crippen LogP contribution is 2.36. The third kappa shape index (κ3) is 2.74. The average Bonchev–Trinajstić information content (AvgIpc) is 2.96. The summed E-state index contributed by atoms with van der Waals surface area (Å²) < 4.78 is 27.3. The first kappa shape index (κ1) is 14.7. The molecule has 0 aromatic heterocycles. The van der Waals surface area contributed by atoms with Gasteiger partial charge in [0, 0.05) is 12.1 Å². The Morgan fingerprint density at radius 2 is 1.86 bits per heavy atom. The van der Waals surface area contributed by atoms with Crippen molar-refractivity contribution in [2.24, 2.45) is 0 Å². The number of hydrogen-bond donors (Lipinski definition) is 0. The third-order valence-electron chi connectivity index (χ3n) is 3.68. The summed E-state index contributed by atoms with van der Waals surface area (Å²) >= 11 is 5.64. The van der Waals surface area contributed by atoms with Crippen LogP contribution in [0, 0.1) is 11.6 Å². The highest BCUT2D eigenvalue weighted by Gasteiger charge is 2.30. The van der Waals surface area contributed by atoms with Crippen molar-refractivity contribution in [1.82, 2.24) is 4.90 Å². The van der Waals surface area contributed by atoms with Crippen molar-refractivity contribution in [2.75, 3.05) is 6.54 Å². The van der Waals surface area contributed by atoms with Gasteiger partial charge < -0.3 is 4.90 Å². The molecule has 0 radical (unpaired) electrons. The molecule has 2 aromatic rings. The van der Waals surface area contributed by atoms with Crippen LogP contribution in [-0.2, 0) is 0 Å². The Morgan fingerprint density at radius 1 is 1.14 bits per heavy atom. The van der Waals surface area contributed by atoms with E-state index in [0.29, 0.717) is 5.57 Å². The highest BCUT2D eigenvalue weighted by molar-refractivity contribution is 6.63. The number of benzene rings is 2. The molecule has 0 aliphatic carbocycles. The van der Waals surface area contributed by atoms with Gasteiger partial charge in [-0.1, -0.05) is 36.4 Å². The van der Waals surface area contributed by atoms with Gasteiger partial charge in [-0.3, -0.25) is 4.79 Å². The molecule has 3 rings (SSSR count). The topological polar surface area (TPSA) is 20.3 Å². The Morgan fingerprint density at radius 3 is 2.55 bits per heavy atom. The van der Waals surface area contributed by atoms with E-state index in [4.69, 9.17) is 11.6 Å². The lowest BCUT2D eigenvalue weighted by Gasteiger charge is -2.22. The minimum atomic E-state index is -0.628. The zero-order valence-corrected chi connectivity index (χ0v) is 12.2. The summed E-state index contributed by atoms with van der Waals surface area (Å²) in [6, 6.07) is 12.2. The molecule has 5 heteroatoms. The molecule has 1 aliphatic heterocycles. The Kier molecular flexibility index (Phi) is 3.94. The van der Waals surface area contributed by atoms with Gasteiger partial charge in [0.05, 0.1) is 6.04 Å². The fraction of sp³-hybridized carbons (Fsp3) is 0.118. The first-order chi connectivity index (χ1) is 10.6. The molecular formula is C17H12ClF2NO. The number of nitrogens with zero attached hydrogens (tertiary/aromatic N) is 1. The molecule has 2 aromatic carbocycles. The minimum Gasteiger partial charge on any atom is -0.314 e. The van der Waals surface area contributed by atoms with Crippen LogP contribution in [0.3, 0.4) is 0 Å². The largest absolute Gasteiger partial charge is 0.317 e. The molecule has 1 amide bonds. The quantitative estimate of drug-likeness (QED) is 0.577. The van der Waals surface area contributed by atoms with Crippen LogP contribution in [0.1, 0.15) is 17.2 Å². The molecule has 1 aliphatic rings. The molecular weight excluding hydrogens is 308 g/mol. The lowest BCUT2D eigenvalue weighted by molar-refractivity contribution is 0.222. The molecule has 0 N–H and O–H groups in total. The summed E-state index contributed by atoms with van der Waals surface area (Å²) in [4.78, 5) is 13.1. The first-order valence-electron chi connectivity index (χ1n) is 6.73. The van der Waals surface area contributed by atoms with E-state index in [2.05, 4.69) is 0 Å². The number of carbonyl (C=O) groups excluding carboxylic acids is 1. The van der Waals surface area contributed by atoms with Gasteiger partial charge in [0.15, 0.2) is 0 Å². The maximum absolute atomic E-state index is 13.9. The fourth-order valence-electron chi connectivity index (χ4n) is 2.63. The molecule has 1 atom stereocenters. The average molecular weight is 320 g/mol. The van der Waals surface area contributed by atoms with E-state index >= 15 is 0 Å². The number of amides is 1. The lowest BCUT2D eigenvalue weighted by atomic mass is 10.0. The van der Waals surface area contributed by atoms with E-state index in [1.807, 2.05) is 30.3 Å². The Bertz CT molecular complexity index is 746.